The number of nitro groups is 1. The molecule has 0 fully saturated rings. The van der Waals surface area contributed by atoms with Crippen molar-refractivity contribution >= 4 is 35.0 Å². The number of carboxylic acid groups (broad SMARTS) is 1. The first-order chi connectivity index (χ1) is 7.91. The van der Waals surface area contributed by atoms with Crippen molar-refractivity contribution in [3.8, 4) is 0 Å². The lowest BCUT2D eigenvalue weighted by atomic mass is 10.3. The van der Waals surface area contributed by atoms with E-state index in [0.717, 1.165) is 11.8 Å². The summed E-state index contributed by atoms with van der Waals surface area (Å²) in [5, 5.41) is 19.3. The van der Waals surface area contributed by atoms with E-state index in [-0.39, 0.29) is 16.5 Å². The first-order valence-electron chi connectivity index (χ1n) is 4.47. The fourth-order valence-corrected chi connectivity index (χ4v) is 2.17. The molecule has 0 saturated carbocycles. The van der Waals surface area contributed by atoms with E-state index < -0.39 is 16.9 Å². The molecule has 17 heavy (non-hydrogen) atoms. The van der Waals surface area contributed by atoms with Crippen LogP contribution >= 0.6 is 23.4 Å². The van der Waals surface area contributed by atoms with Crippen LogP contribution in [0.3, 0.4) is 0 Å². The standard InChI is InChI=1S/C9H9ClN2O4S/c10-6-3-5(12(15)16)1-2-8(6)17-4-7(11)9(13)14/h1-3,7H,4,11H2,(H,13,14)/t7-/m0/s1. The van der Waals surface area contributed by atoms with Crippen molar-refractivity contribution in [3.63, 3.8) is 0 Å². The fraction of sp³-hybridized carbons (Fsp3) is 0.222. The second-order valence-electron chi connectivity index (χ2n) is 3.13. The van der Waals surface area contributed by atoms with Crippen LogP contribution in [0.2, 0.25) is 5.02 Å². The first kappa shape index (κ1) is 13.8. The molecule has 0 aromatic heterocycles. The number of aliphatic carboxylic acids is 1. The minimum atomic E-state index is -1.10. The second-order valence-corrected chi connectivity index (χ2v) is 4.60. The molecule has 6 nitrogen and oxygen atoms in total. The highest BCUT2D eigenvalue weighted by Gasteiger charge is 2.14. The van der Waals surface area contributed by atoms with Gasteiger partial charge in [0.2, 0.25) is 0 Å². The topological polar surface area (TPSA) is 106 Å². The zero-order valence-electron chi connectivity index (χ0n) is 8.50. The summed E-state index contributed by atoms with van der Waals surface area (Å²) in [6.07, 6.45) is 0. The zero-order valence-corrected chi connectivity index (χ0v) is 10.1. The molecule has 0 aliphatic heterocycles. The van der Waals surface area contributed by atoms with Crippen LogP contribution in [-0.2, 0) is 4.79 Å². The predicted molar refractivity (Wildman–Crippen MR) is 64.4 cm³/mol. The van der Waals surface area contributed by atoms with E-state index in [1.54, 1.807) is 0 Å². The maximum atomic E-state index is 10.5. The molecular weight excluding hydrogens is 268 g/mol. The van der Waals surface area contributed by atoms with Crippen LogP contribution < -0.4 is 5.73 Å². The quantitative estimate of drug-likeness (QED) is 0.482. The second kappa shape index (κ2) is 5.85. The summed E-state index contributed by atoms with van der Waals surface area (Å²) < 4.78 is 0. The lowest BCUT2D eigenvalue weighted by Gasteiger charge is -2.07. The zero-order chi connectivity index (χ0) is 13.0. The molecule has 1 rings (SSSR count). The molecule has 0 spiro atoms. The Morgan fingerprint density at radius 1 is 1.65 bits per heavy atom. The lowest BCUT2D eigenvalue weighted by Crippen LogP contribution is -2.32. The molecule has 3 N–H and O–H groups in total. The van der Waals surface area contributed by atoms with E-state index >= 15 is 0 Å². The van der Waals surface area contributed by atoms with Crippen LogP contribution in [0.4, 0.5) is 5.69 Å². The molecule has 1 atom stereocenters. The molecule has 0 radical (unpaired) electrons. The van der Waals surface area contributed by atoms with E-state index in [0.29, 0.717) is 4.90 Å². The smallest absolute Gasteiger partial charge is 0.321 e. The molecule has 0 aliphatic carbocycles. The molecule has 0 amide bonds. The average Bonchev–Trinajstić information content (AvgIpc) is 2.26. The van der Waals surface area contributed by atoms with Crippen molar-refractivity contribution in [1.29, 1.82) is 0 Å². The van der Waals surface area contributed by atoms with Crippen LogP contribution in [-0.4, -0.2) is 27.8 Å². The monoisotopic (exact) mass is 276 g/mol. The summed E-state index contributed by atoms with van der Waals surface area (Å²) in [6.45, 7) is 0. The van der Waals surface area contributed by atoms with Gasteiger partial charge in [0.1, 0.15) is 6.04 Å². The van der Waals surface area contributed by atoms with Crippen LogP contribution in [0.1, 0.15) is 0 Å². The minimum Gasteiger partial charge on any atom is -0.480 e. The summed E-state index contributed by atoms with van der Waals surface area (Å²) in [5.74, 6) is -0.956. The number of hydrogen-bond donors (Lipinski definition) is 2. The number of halogens is 1. The maximum absolute atomic E-state index is 10.5. The molecule has 0 saturated heterocycles. The van der Waals surface area contributed by atoms with Crippen LogP contribution in [0.15, 0.2) is 23.1 Å². The third-order valence-electron chi connectivity index (χ3n) is 1.86. The number of nitrogens with two attached hydrogens (primary N) is 1. The summed E-state index contributed by atoms with van der Waals surface area (Å²) in [5.41, 5.74) is 5.21. The summed E-state index contributed by atoms with van der Waals surface area (Å²) in [7, 11) is 0. The Labute approximate surface area is 106 Å². The molecule has 1 aromatic rings. The number of nitrogens with zero attached hydrogens (tertiary/aromatic N) is 1. The van der Waals surface area contributed by atoms with Gasteiger partial charge in [-0.3, -0.25) is 14.9 Å². The maximum Gasteiger partial charge on any atom is 0.321 e. The van der Waals surface area contributed by atoms with Crippen molar-refractivity contribution in [2.45, 2.75) is 10.9 Å². The summed E-state index contributed by atoms with van der Waals surface area (Å²) >= 11 is 6.97. The number of hydrogen-bond acceptors (Lipinski definition) is 5. The number of benzene rings is 1. The van der Waals surface area contributed by atoms with Gasteiger partial charge in [0.05, 0.1) is 9.95 Å². The first-order valence-corrected chi connectivity index (χ1v) is 5.83. The van der Waals surface area contributed by atoms with Crippen molar-refractivity contribution in [2.75, 3.05) is 5.75 Å². The molecular formula is C9H9ClN2O4S. The molecule has 1 aromatic carbocycles. The van der Waals surface area contributed by atoms with E-state index in [1.807, 2.05) is 0 Å². The van der Waals surface area contributed by atoms with Gasteiger partial charge in [-0.2, -0.15) is 0 Å². The van der Waals surface area contributed by atoms with Gasteiger partial charge in [-0.1, -0.05) is 11.6 Å². The Hall–Kier alpha value is -1.31. The Kier molecular flexibility index (Phi) is 4.73. The van der Waals surface area contributed by atoms with Gasteiger partial charge in [0, 0.05) is 22.8 Å². The highest BCUT2D eigenvalue weighted by Crippen LogP contribution is 2.30. The van der Waals surface area contributed by atoms with E-state index in [9.17, 15) is 14.9 Å². The van der Waals surface area contributed by atoms with Crippen molar-refractivity contribution in [3.05, 3.63) is 33.3 Å². The van der Waals surface area contributed by atoms with Gasteiger partial charge in [0.15, 0.2) is 0 Å². The van der Waals surface area contributed by atoms with Crippen LogP contribution in [0, 0.1) is 10.1 Å². The number of thioether (sulfide) groups is 1. The van der Waals surface area contributed by atoms with E-state index in [4.69, 9.17) is 22.4 Å². The fourth-order valence-electron chi connectivity index (χ4n) is 0.971. The van der Waals surface area contributed by atoms with Crippen LogP contribution in [0.5, 0.6) is 0 Å². The van der Waals surface area contributed by atoms with Gasteiger partial charge in [0.25, 0.3) is 5.69 Å². The Balaban J connectivity index is 2.73. The molecule has 0 aliphatic rings. The average molecular weight is 277 g/mol. The molecule has 92 valence electrons. The number of carboxylic acids is 1. The van der Waals surface area contributed by atoms with E-state index in [2.05, 4.69) is 0 Å². The van der Waals surface area contributed by atoms with Crippen molar-refractivity contribution < 1.29 is 14.8 Å². The lowest BCUT2D eigenvalue weighted by molar-refractivity contribution is -0.384. The number of carbonyl (C=O) groups is 1. The third-order valence-corrected chi connectivity index (χ3v) is 3.48. The minimum absolute atomic E-state index is 0.109. The Morgan fingerprint density at radius 3 is 2.76 bits per heavy atom. The molecule has 8 heteroatoms. The Morgan fingerprint density at radius 2 is 2.29 bits per heavy atom. The predicted octanol–water partition coefficient (Wildman–Crippen LogP) is 1.75. The summed E-state index contributed by atoms with van der Waals surface area (Å²) in [6, 6.07) is 3.00. The van der Waals surface area contributed by atoms with Gasteiger partial charge in [-0.25, -0.2) is 0 Å². The third kappa shape index (κ3) is 3.88. The van der Waals surface area contributed by atoms with Crippen LogP contribution in [0.25, 0.3) is 0 Å². The van der Waals surface area contributed by atoms with E-state index in [1.165, 1.54) is 18.2 Å². The SMILES string of the molecule is N[C@@H](CSc1ccc([N+](=O)[O-])cc1Cl)C(=O)O. The molecule has 0 unspecified atom stereocenters. The molecule has 0 heterocycles. The summed E-state index contributed by atoms with van der Waals surface area (Å²) in [4.78, 5) is 21.0. The highest BCUT2D eigenvalue weighted by atomic mass is 35.5. The molecule has 0 bridgehead atoms. The number of rotatable bonds is 5. The van der Waals surface area contributed by atoms with Gasteiger partial charge in [-0.15, -0.1) is 11.8 Å². The van der Waals surface area contributed by atoms with Gasteiger partial charge in [-0.05, 0) is 6.07 Å². The number of non-ortho nitro benzene ring substituents is 1. The van der Waals surface area contributed by atoms with Crippen molar-refractivity contribution in [1.82, 2.24) is 0 Å². The van der Waals surface area contributed by atoms with Gasteiger partial charge < -0.3 is 10.8 Å². The van der Waals surface area contributed by atoms with Gasteiger partial charge >= 0.3 is 5.97 Å². The highest BCUT2D eigenvalue weighted by molar-refractivity contribution is 7.99. The number of nitro benzene ring substituents is 1. The normalized spacial score (nSPS) is 12.1. The largest absolute Gasteiger partial charge is 0.480 e. The van der Waals surface area contributed by atoms with Crippen molar-refractivity contribution in [2.24, 2.45) is 5.73 Å². The Bertz CT molecular complexity index is 455.